The van der Waals surface area contributed by atoms with Gasteiger partial charge in [-0.3, -0.25) is 0 Å². The fraction of sp³-hybridized carbons (Fsp3) is 0.818. The predicted molar refractivity (Wildman–Crippen MR) is 50.7 cm³/mol. The Hall–Kier alpha value is -0.480. The van der Waals surface area contributed by atoms with Crippen LogP contribution in [0.4, 0.5) is 0 Å². The van der Waals surface area contributed by atoms with Crippen LogP contribution in [0.1, 0.15) is 25.7 Å². The topological polar surface area (TPSA) is 3.24 Å². The minimum Gasteiger partial charge on any atom is -0.306 e. The first kappa shape index (κ1) is 8.13. The lowest BCUT2D eigenvalue weighted by Gasteiger charge is -2.30. The highest BCUT2D eigenvalue weighted by atomic mass is 15.1. The third-order valence-electron chi connectivity index (χ3n) is 3.11. The smallest absolute Gasteiger partial charge is 0.0314 e. The molecule has 1 fully saturated rings. The van der Waals surface area contributed by atoms with E-state index in [-0.39, 0.29) is 0 Å². The van der Waals surface area contributed by atoms with E-state index in [1.807, 2.05) is 0 Å². The molecule has 1 aliphatic heterocycles. The van der Waals surface area contributed by atoms with Gasteiger partial charge in [-0.1, -0.05) is 5.92 Å². The van der Waals surface area contributed by atoms with Crippen LogP contribution in [0.15, 0.2) is 0 Å². The first-order valence-corrected chi connectivity index (χ1v) is 5.01. The van der Waals surface area contributed by atoms with Crippen molar-refractivity contribution >= 4 is 0 Å². The standard InChI is InChI=1S/C11H17N/c1-12-7-5-11(6-8-12)9-10-3-2-4-10/h10-11H,3,5-9H2,1H3. The Kier molecular flexibility index (Phi) is 2.37. The van der Waals surface area contributed by atoms with Crippen molar-refractivity contribution in [2.24, 2.45) is 11.8 Å². The van der Waals surface area contributed by atoms with E-state index in [2.05, 4.69) is 23.8 Å². The van der Waals surface area contributed by atoms with Crippen molar-refractivity contribution in [1.29, 1.82) is 0 Å². The third-order valence-corrected chi connectivity index (χ3v) is 3.11. The fourth-order valence-electron chi connectivity index (χ4n) is 2.09. The minimum absolute atomic E-state index is 0.762. The molecule has 0 bridgehead atoms. The van der Waals surface area contributed by atoms with Crippen LogP contribution in [0.5, 0.6) is 0 Å². The van der Waals surface area contributed by atoms with Crippen LogP contribution in [0, 0.1) is 23.7 Å². The Bertz CT molecular complexity index is 203. The third kappa shape index (κ3) is 1.81. The van der Waals surface area contributed by atoms with Crippen LogP contribution in [-0.2, 0) is 0 Å². The van der Waals surface area contributed by atoms with Crippen LogP contribution in [0.25, 0.3) is 0 Å². The van der Waals surface area contributed by atoms with Crippen molar-refractivity contribution in [3.63, 3.8) is 0 Å². The lowest BCUT2D eigenvalue weighted by Crippen LogP contribution is -2.31. The summed E-state index contributed by atoms with van der Waals surface area (Å²) in [7, 11) is 2.22. The normalized spacial score (nSPS) is 30.6. The van der Waals surface area contributed by atoms with Gasteiger partial charge < -0.3 is 4.90 Å². The zero-order valence-electron chi connectivity index (χ0n) is 7.84. The summed E-state index contributed by atoms with van der Waals surface area (Å²) in [6.45, 7) is 2.59. The molecule has 1 heteroatoms. The predicted octanol–water partition coefficient (Wildman–Crippen LogP) is 1.74. The molecule has 0 amide bonds. The summed E-state index contributed by atoms with van der Waals surface area (Å²) < 4.78 is 0. The van der Waals surface area contributed by atoms with E-state index in [4.69, 9.17) is 0 Å². The van der Waals surface area contributed by atoms with Gasteiger partial charge in [-0.15, -0.1) is 5.92 Å². The molecule has 0 aromatic heterocycles. The van der Waals surface area contributed by atoms with Gasteiger partial charge in [0.2, 0.25) is 0 Å². The molecule has 1 aliphatic carbocycles. The maximum atomic E-state index is 3.24. The van der Waals surface area contributed by atoms with Crippen molar-refractivity contribution in [1.82, 2.24) is 4.90 Å². The molecule has 0 aromatic rings. The highest BCUT2D eigenvalue weighted by molar-refractivity contribution is 5.16. The molecular weight excluding hydrogens is 146 g/mol. The lowest BCUT2D eigenvalue weighted by molar-refractivity contribution is 0.202. The second-order valence-electron chi connectivity index (χ2n) is 4.20. The number of hydrogen-bond acceptors (Lipinski definition) is 1. The molecular formula is C11H17N. The summed E-state index contributed by atoms with van der Waals surface area (Å²) in [5.41, 5.74) is 0. The molecule has 12 heavy (non-hydrogen) atoms. The molecule has 1 saturated heterocycles. The van der Waals surface area contributed by atoms with Crippen molar-refractivity contribution in [3.05, 3.63) is 0 Å². The Morgan fingerprint density at radius 2 is 2.00 bits per heavy atom. The molecule has 66 valence electrons. The monoisotopic (exact) mass is 163 g/mol. The van der Waals surface area contributed by atoms with Gasteiger partial charge in [-0.2, -0.15) is 0 Å². The molecule has 1 nitrogen and oxygen atoms in total. The largest absolute Gasteiger partial charge is 0.306 e. The average Bonchev–Trinajstić information content (AvgIpc) is 2.00. The maximum absolute atomic E-state index is 3.24. The summed E-state index contributed by atoms with van der Waals surface area (Å²) in [5, 5.41) is 0. The average molecular weight is 163 g/mol. The zero-order valence-corrected chi connectivity index (χ0v) is 7.84. The highest BCUT2D eigenvalue weighted by Crippen LogP contribution is 2.26. The summed E-state index contributed by atoms with van der Waals surface area (Å²) in [4.78, 5) is 2.43. The van der Waals surface area contributed by atoms with Gasteiger partial charge in [-0.05, 0) is 45.3 Å². The van der Waals surface area contributed by atoms with Crippen molar-refractivity contribution in [2.45, 2.75) is 25.7 Å². The molecule has 0 radical (unpaired) electrons. The molecule has 1 atom stereocenters. The summed E-state index contributed by atoms with van der Waals surface area (Å²) in [6.07, 6.45) is 5.34. The second-order valence-corrected chi connectivity index (χ2v) is 4.20. The van der Waals surface area contributed by atoms with Crippen LogP contribution in [0.2, 0.25) is 0 Å². The van der Waals surface area contributed by atoms with Crippen LogP contribution < -0.4 is 0 Å². The van der Waals surface area contributed by atoms with E-state index in [9.17, 15) is 0 Å². The van der Waals surface area contributed by atoms with E-state index >= 15 is 0 Å². The SMILES string of the molecule is CN1CCC(CC2C#CC2)CC1. The quantitative estimate of drug-likeness (QED) is 0.560. The van der Waals surface area contributed by atoms with E-state index in [1.165, 1.54) is 38.8 Å². The molecule has 1 unspecified atom stereocenters. The van der Waals surface area contributed by atoms with Gasteiger partial charge in [0, 0.05) is 12.3 Å². The van der Waals surface area contributed by atoms with Crippen LogP contribution >= 0.6 is 0 Å². The fourth-order valence-corrected chi connectivity index (χ4v) is 2.09. The Balaban J connectivity index is 1.72. The molecule has 0 aromatic carbocycles. The Morgan fingerprint density at radius 3 is 2.50 bits per heavy atom. The Morgan fingerprint density at radius 1 is 1.33 bits per heavy atom. The number of piperidine rings is 1. The van der Waals surface area contributed by atoms with E-state index < -0.39 is 0 Å². The highest BCUT2D eigenvalue weighted by Gasteiger charge is 2.21. The van der Waals surface area contributed by atoms with E-state index in [0.29, 0.717) is 0 Å². The Labute approximate surface area is 75.1 Å². The van der Waals surface area contributed by atoms with Gasteiger partial charge in [0.05, 0.1) is 0 Å². The van der Waals surface area contributed by atoms with Crippen molar-refractivity contribution < 1.29 is 0 Å². The summed E-state index contributed by atoms with van der Waals surface area (Å²) in [6, 6.07) is 0. The molecule has 0 saturated carbocycles. The number of likely N-dealkylation sites (tertiary alicyclic amines) is 1. The summed E-state index contributed by atoms with van der Waals surface area (Å²) >= 11 is 0. The van der Waals surface area contributed by atoms with Gasteiger partial charge in [0.25, 0.3) is 0 Å². The van der Waals surface area contributed by atoms with Crippen molar-refractivity contribution in [2.75, 3.05) is 20.1 Å². The van der Waals surface area contributed by atoms with Crippen molar-refractivity contribution in [3.8, 4) is 11.8 Å². The first-order valence-electron chi connectivity index (χ1n) is 5.01. The molecule has 2 rings (SSSR count). The minimum atomic E-state index is 0.762. The van der Waals surface area contributed by atoms with Gasteiger partial charge in [0.15, 0.2) is 0 Å². The number of hydrogen-bond donors (Lipinski definition) is 0. The van der Waals surface area contributed by atoms with E-state index in [0.717, 1.165) is 11.8 Å². The van der Waals surface area contributed by atoms with Crippen LogP contribution in [-0.4, -0.2) is 25.0 Å². The number of rotatable bonds is 2. The molecule has 0 N–H and O–H groups in total. The van der Waals surface area contributed by atoms with Gasteiger partial charge in [-0.25, -0.2) is 0 Å². The molecule has 1 heterocycles. The molecule has 0 spiro atoms. The van der Waals surface area contributed by atoms with Gasteiger partial charge in [0.1, 0.15) is 0 Å². The zero-order chi connectivity index (χ0) is 8.39. The molecule has 2 aliphatic rings. The lowest BCUT2D eigenvalue weighted by atomic mass is 9.83. The number of nitrogens with zero attached hydrogens (tertiary/aromatic N) is 1. The first-order chi connectivity index (χ1) is 5.84. The second kappa shape index (κ2) is 3.49. The maximum Gasteiger partial charge on any atom is 0.0314 e. The van der Waals surface area contributed by atoms with Gasteiger partial charge >= 0.3 is 0 Å². The van der Waals surface area contributed by atoms with Crippen LogP contribution in [0.3, 0.4) is 0 Å². The summed E-state index contributed by atoms with van der Waals surface area (Å²) in [5.74, 6) is 8.07. The van der Waals surface area contributed by atoms with E-state index in [1.54, 1.807) is 0 Å².